The maximum absolute atomic E-state index is 11.9. The predicted octanol–water partition coefficient (Wildman–Crippen LogP) is 2.42. The van der Waals surface area contributed by atoms with Gasteiger partial charge < -0.3 is 19.4 Å². The molecule has 158 valence electrons. The van der Waals surface area contributed by atoms with E-state index in [4.69, 9.17) is 4.74 Å². The van der Waals surface area contributed by atoms with Crippen molar-refractivity contribution in [3.8, 4) is 0 Å². The van der Waals surface area contributed by atoms with Gasteiger partial charge in [-0.1, -0.05) is 0 Å². The molecule has 1 saturated carbocycles. The molecule has 7 heteroatoms. The number of carbonyl (C=O) groups is 1. The summed E-state index contributed by atoms with van der Waals surface area (Å²) in [5, 5.41) is 0. The number of hydrogen-bond donors (Lipinski definition) is 0. The minimum Gasteiger partial charge on any atom is -0.450 e. The Kier molecular flexibility index (Phi) is 5.02. The maximum atomic E-state index is 11.9. The van der Waals surface area contributed by atoms with Gasteiger partial charge in [0.2, 0.25) is 0 Å². The zero-order valence-electron chi connectivity index (χ0n) is 17.6. The van der Waals surface area contributed by atoms with Crippen LogP contribution < -0.4 is 9.80 Å². The maximum Gasteiger partial charge on any atom is 0.409 e. The van der Waals surface area contributed by atoms with Crippen LogP contribution in [0.4, 0.5) is 16.3 Å². The second-order valence-electron chi connectivity index (χ2n) is 9.16. The van der Waals surface area contributed by atoms with Crippen molar-refractivity contribution >= 4 is 17.6 Å². The van der Waals surface area contributed by atoms with Gasteiger partial charge in [-0.05, 0) is 44.7 Å². The smallest absolute Gasteiger partial charge is 0.409 e. The second-order valence-corrected chi connectivity index (χ2v) is 9.16. The van der Waals surface area contributed by atoms with Crippen molar-refractivity contribution in [3.05, 3.63) is 18.3 Å². The van der Waals surface area contributed by atoms with Gasteiger partial charge in [-0.2, -0.15) is 0 Å². The van der Waals surface area contributed by atoms with E-state index in [-0.39, 0.29) is 6.09 Å². The van der Waals surface area contributed by atoms with Gasteiger partial charge in [0.25, 0.3) is 0 Å². The van der Waals surface area contributed by atoms with Crippen LogP contribution in [0.3, 0.4) is 0 Å². The molecule has 0 bridgehead atoms. The standard InChI is InChI=1S/C22H33N5O2/c1-2-29-21(28)27-16-22(17-27)7-6-18(15-22)24-11-13-25(14-12-24)19-5-3-8-23-20(19)26-9-4-10-26/h3,5,8,18H,2,4,6-7,9-17H2,1H3. The Morgan fingerprint density at radius 2 is 1.97 bits per heavy atom. The number of anilines is 2. The molecule has 1 aromatic heterocycles. The van der Waals surface area contributed by atoms with E-state index in [1.165, 1.54) is 37.2 Å². The topological polar surface area (TPSA) is 52.2 Å². The summed E-state index contributed by atoms with van der Waals surface area (Å²) >= 11 is 0. The average molecular weight is 400 g/mol. The molecule has 0 aromatic carbocycles. The normalized spacial score (nSPS) is 26.4. The number of rotatable bonds is 4. The van der Waals surface area contributed by atoms with E-state index in [1.54, 1.807) is 0 Å². The van der Waals surface area contributed by atoms with Gasteiger partial charge in [-0.15, -0.1) is 0 Å². The van der Waals surface area contributed by atoms with E-state index in [0.29, 0.717) is 18.1 Å². The Morgan fingerprint density at radius 3 is 2.66 bits per heavy atom. The van der Waals surface area contributed by atoms with Crippen LogP contribution in [0.1, 0.15) is 32.6 Å². The molecule has 0 N–H and O–H groups in total. The molecule has 1 aromatic rings. The summed E-state index contributed by atoms with van der Waals surface area (Å²) in [7, 11) is 0. The van der Waals surface area contributed by atoms with E-state index in [1.807, 2.05) is 18.0 Å². The molecule has 1 spiro atoms. The van der Waals surface area contributed by atoms with E-state index in [0.717, 1.165) is 52.4 Å². The third-order valence-electron chi connectivity index (χ3n) is 7.35. The summed E-state index contributed by atoms with van der Waals surface area (Å²) in [5.41, 5.74) is 1.65. The van der Waals surface area contributed by atoms with Gasteiger partial charge in [0.1, 0.15) is 0 Å². The monoisotopic (exact) mass is 399 g/mol. The fourth-order valence-corrected chi connectivity index (χ4v) is 5.62. The molecule has 3 saturated heterocycles. The number of amides is 1. The number of piperazine rings is 1. The Hall–Kier alpha value is -2.02. The minimum absolute atomic E-state index is 0.135. The number of hydrogen-bond acceptors (Lipinski definition) is 6. The molecule has 5 rings (SSSR count). The van der Waals surface area contributed by atoms with E-state index in [2.05, 4.69) is 31.8 Å². The van der Waals surface area contributed by atoms with Crippen molar-refractivity contribution in [2.45, 2.75) is 38.6 Å². The molecule has 4 heterocycles. The van der Waals surface area contributed by atoms with Crippen LogP contribution in [0, 0.1) is 5.41 Å². The van der Waals surface area contributed by atoms with Gasteiger partial charge in [0, 0.05) is 70.0 Å². The van der Waals surface area contributed by atoms with Gasteiger partial charge >= 0.3 is 6.09 Å². The van der Waals surface area contributed by atoms with Crippen LogP contribution in [0.25, 0.3) is 0 Å². The van der Waals surface area contributed by atoms with Crippen LogP contribution in [-0.2, 0) is 4.74 Å². The highest BCUT2D eigenvalue weighted by Gasteiger charge is 2.51. The molecule has 4 fully saturated rings. The third kappa shape index (κ3) is 3.54. The highest BCUT2D eigenvalue weighted by molar-refractivity contribution is 5.69. The van der Waals surface area contributed by atoms with E-state index >= 15 is 0 Å². The number of nitrogens with zero attached hydrogens (tertiary/aromatic N) is 5. The van der Waals surface area contributed by atoms with Crippen molar-refractivity contribution < 1.29 is 9.53 Å². The van der Waals surface area contributed by atoms with Crippen molar-refractivity contribution in [1.82, 2.24) is 14.8 Å². The molecular weight excluding hydrogens is 366 g/mol. The number of aromatic nitrogens is 1. The van der Waals surface area contributed by atoms with Gasteiger partial charge in [0.15, 0.2) is 5.82 Å². The van der Waals surface area contributed by atoms with Gasteiger partial charge in [-0.25, -0.2) is 9.78 Å². The zero-order chi connectivity index (χ0) is 19.8. The van der Waals surface area contributed by atoms with Crippen molar-refractivity contribution in [3.63, 3.8) is 0 Å². The minimum atomic E-state index is -0.135. The Labute approximate surface area is 173 Å². The zero-order valence-corrected chi connectivity index (χ0v) is 17.6. The van der Waals surface area contributed by atoms with Crippen LogP contribution in [0.5, 0.6) is 0 Å². The molecule has 1 unspecified atom stereocenters. The summed E-state index contributed by atoms with van der Waals surface area (Å²) in [6, 6.07) is 4.97. The lowest BCUT2D eigenvalue weighted by Gasteiger charge is -2.48. The lowest BCUT2D eigenvalue weighted by Crippen LogP contribution is -2.58. The largest absolute Gasteiger partial charge is 0.450 e. The van der Waals surface area contributed by atoms with Crippen molar-refractivity contribution in [2.24, 2.45) is 5.41 Å². The molecule has 29 heavy (non-hydrogen) atoms. The van der Waals surface area contributed by atoms with E-state index < -0.39 is 0 Å². The molecule has 1 aliphatic carbocycles. The predicted molar refractivity (Wildman–Crippen MR) is 114 cm³/mol. The second kappa shape index (κ2) is 7.67. The summed E-state index contributed by atoms with van der Waals surface area (Å²) < 4.78 is 5.15. The third-order valence-corrected chi connectivity index (χ3v) is 7.35. The molecule has 7 nitrogen and oxygen atoms in total. The quantitative estimate of drug-likeness (QED) is 0.775. The molecule has 3 aliphatic heterocycles. The first kappa shape index (κ1) is 19.0. The average Bonchev–Trinajstić information content (AvgIpc) is 3.12. The molecule has 1 atom stereocenters. The first-order chi connectivity index (χ1) is 14.2. The Bertz CT molecular complexity index is 738. The molecule has 4 aliphatic rings. The number of carbonyl (C=O) groups excluding carboxylic acids is 1. The fourth-order valence-electron chi connectivity index (χ4n) is 5.62. The van der Waals surface area contributed by atoms with Gasteiger partial charge in [0.05, 0.1) is 12.3 Å². The first-order valence-electron chi connectivity index (χ1n) is 11.3. The Balaban J connectivity index is 1.14. The van der Waals surface area contributed by atoms with Crippen LogP contribution in [-0.4, -0.2) is 85.9 Å². The van der Waals surface area contributed by atoms with Crippen LogP contribution >= 0.6 is 0 Å². The summed E-state index contributed by atoms with van der Waals surface area (Å²) in [6.45, 7) is 10.8. The summed E-state index contributed by atoms with van der Waals surface area (Å²) in [4.78, 5) is 26.1. The number of ether oxygens (including phenoxy) is 1. The molecule has 0 radical (unpaired) electrons. The van der Waals surface area contributed by atoms with Gasteiger partial charge in [-0.3, -0.25) is 4.90 Å². The van der Waals surface area contributed by atoms with Crippen molar-refractivity contribution in [2.75, 3.05) is 68.8 Å². The van der Waals surface area contributed by atoms with Crippen molar-refractivity contribution in [1.29, 1.82) is 0 Å². The first-order valence-corrected chi connectivity index (χ1v) is 11.3. The lowest BCUT2D eigenvalue weighted by atomic mass is 9.78. The number of pyridine rings is 1. The highest BCUT2D eigenvalue weighted by Crippen LogP contribution is 2.47. The van der Waals surface area contributed by atoms with E-state index in [9.17, 15) is 4.79 Å². The summed E-state index contributed by atoms with van der Waals surface area (Å²) in [5.74, 6) is 1.17. The molecular formula is C22H33N5O2. The molecule has 1 amide bonds. The lowest BCUT2D eigenvalue weighted by molar-refractivity contribution is -0.00294. The fraction of sp³-hybridized carbons (Fsp3) is 0.727. The van der Waals surface area contributed by atoms with Crippen LogP contribution in [0.15, 0.2) is 18.3 Å². The highest BCUT2D eigenvalue weighted by atomic mass is 16.6. The summed E-state index contributed by atoms with van der Waals surface area (Å²) in [6.07, 6.45) is 6.81. The van der Waals surface area contributed by atoms with Crippen LogP contribution in [0.2, 0.25) is 0 Å². The number of likely N-dealkylation sites (tertiary alicyclic amines) is 1. The SMILES string of the molecule is CCOC(=O)N1CC2(CCC(N3CCN(c4cccnc4N4CCC4)CC3)C2)C1. The Morgan fingerprint density at radius 1 is 1.17 bits per heavy atom.